The first-order valence-electron chi connectivity index (χ1n) is 27.8. The minimum absolute atomic E-state index is 0.0349. The van der Waals surface area contributed by atoms with Gasteiger partial charge in [0, 0.05) is 55.7 Å². The van der Waals surface area contributed by atoms with Crippen molar-refractivity contribution in [1.29, 1.82) is 0 Å². The van der Waals surface area contributed by atoms with Crippen molar-refractivity contribution in [2.75, 3.05) is 9.80 Å². The van der Waals surface area contributed by atoms with E-state index in [4.69, 9.17) is 0 Å². The highest BCUT2D eigenvalue weighted by Gasteiger charge is 2.50. The zero-order valence-corrected chi connectivity index (χ0v) is 48.0. The Morgan fingerprint density at radius 3 is 1.28 bits per heavy atom. The molecular formula is C72H77BN2. The summed E-state index contributed by atoms with van der Waals surface area (Å²) in [5.74, 6) is 0. The summed E-state index contributed by atoms with van der Waals surface area (Å²) in [4.78, 5) is 5.38. The lowest BCUT2D eigenvalue weighted by Gasteiger charge is -2.49. The van der Waals surface area contributed by atoms with Gasteiger partial charge >= 0.3 is 0 Å². The minimum atomic E-state index is -0.236. The highest BCUT2D eigenvalue weighted by molar-refractivity contribution is 7.00. The van der Waals surface area contributed by atoms with Crippen LogP contribution in [0, 0.1) is 0 Å². The molecule has 8 aromatic rings. The molecule has 0 radical (unpaired) electrons. The topological polar surface area (TPSA) is 6.48 Å². The molecule has 0 saturated heterocycles. The van der Waals surface area contributed by atoms with E-state index in [1.165, 1.54) is 123 Å². The molecule has 378 valence electrons. The Hall–Kier alpha value is -6.58. The Morgan fingerprint density at radius 2 is 0.747 bits per heavy atom. The average molecular weight is 981 g/mol. The predicted octanol–water partition coefficient (Wildman–Crippen LogP) is 17.3. The molecular weight excluding hydrogens is 904 g/mol. The summed E-state index contributed by atoms with van der Waals surface area (Å²) in [7, 11) is 0. The molecule has 0 aromatic heterocycles. The number of benzene rings is 8. The molecule has 0 fully saturated rings. The lowest BCUT2D eigenvalue weighted by Crippen LogP contribution is -2.62. The maximum Gasteiger partial charge on any atom is 0.252 e. The van der Waals surface area contributed by atoms with Crippen molar-refractivity contribution in [2.45, 2.75) is 156 Å². The first-order chi connectivity index (χ1) is 35.1. The van der Waals surface area contributed by atoms with E-state index in [2.05, 4.69) is 285 Å². The van der Waals surface area contributed by atoms with Gasteiger partial charge in [0.15, 0.2) is 0 Å². The molecule has 0 amide bonds. The van der Waals surface area contributed by atoms with Gasteiger partial charge in [-0.15, -0.1) is 0 Å². The van der Waals surface area contributed by atoms with Crippen LogP contribution in [0.2, 0.25) is 0 Å². The molecule has 0 unspecified atom stereocenters. The first kappa shape index (κ1) is 49.3. The second kappa shape index (κ2) is 16.0. The van der Waals surface area contributed by atoms with Gasteiger partial charge in [0.2, 0.25) is 0 Å². The number of nitrogens with zero attached hydrogens (tertiary/aromatic N) is 2. The number of hydrogen-bond acceptors (Lipinski definition) is 2. The van der Waals surface area contributed by atoms with Gasteiger partial charge in [-0.1, -0.05) is 227 Å². The molecule has 12 rings (SSSR count). The first-order valence-corrected chi connectivity index (χ1v) is 27.8. The van der Waals surface area contributed by atoms with Gasteiger partial charge in [0.1, 0.15) is 0 Å². The highest BCUT2D eigenvalue weighted by atomic mass is 15.2. The zero-order chi connectivity index (χ0) is 53.3. The maximum atomic E-state index is 2.71. The van der Waals surface area contributed by atoms with E-state index in [0.29, 0.717) is 0 Å². The van der Waals surface area contributed by atoms with Crippen LogP contribution in [0.15, 0.2) is 158 Å². The second-order valence-electron chi connectivity index (χ2n) is 27.9. The number of fused-ring (bicyclic) bond motifs is 8. The summed E-state index contributed by atoms with van der Waals surface area (Å²) >= 11 is 0. The summed E-state index contributed by atoms with van der Waals surface area (Å²) in [5.41, 5.74) is 28.2. The molecule has 8 aromatic carbocycles. The normalized spacial score (nSPS) is 17.2. The van der Waals surface area contributed by atoms with Crippen LogP contribution >= 0.6 is 0 Å². The SMILES string of the molecule is CC(C)(C)c1ccc2c(c1)B1c3cc4c(cc3N(c3ccc5c(c3)C(C)(C)c3ccccc3C5(C)C)c3cc(C(C)(C)C)cc(c31)N2c1ccc(C(C)(C)C)cc1-c1ccccc1)C(C)(C)c1ccccc1C4(C)C. The van der Waals surface area contributed by atoms with Crippen LogP contribution in [0.1, 0.15) is 179 Å². The van der Waals surface area contributed by atoms with E-state index in [0.717, 1.165) is 0 Å². The highest BCUT2D eigenvalue weighted by Crippen LogP contribution is 2.56. The van der Waals surface area contributed by atoms with Crippen LogP contribution in [-0.4, -0.2) is 6.71 Å². The molecule has 75 heavy (non-hydrogen) atoms. The lowest BCUT2D eigenvalue weighted by molar-refractivity contribution is 0.520. The maximum absolute atomic E-state index is 2.71. The summed E-state index contributed by atoms with van der Waals surface area (Å²) in [6, 6.07) is 62.3. The fourth-order valence-corrected chi connectivity index (χ4v) is 14.0. The summed E-state index contributed by atoms with van der Waals surface area (Å²) in [6.07, 6.45) is 0. The van der Waals surface area contributed by atoms with Crippen molar-refractivity contribution in [2.24, 2.45) is 0 Å². The van der Waals surface area contributed by atoms with Crippen molar-refractivity contribution in [3.63, 3.8) is 0 Å². The van der Waals surface area contributed by atoms with Gasteiger partial charge in [-0.05, 0) is 148 Å². The van der Waals surface area contributed by atoms with Gasteiger partial charge < -0.3 is 9.80 Å². The monoisotopic (exact) mass is 981 g/mol. The fourth-order valence-electron chi connectivity index (χ4n) is 14.0. The minimum Gasteiger partial charge on any atom is -0.311 e. The lowest BCUT2D eigenvalue weighted by atomic mass is 9.32. The molecule has 3 heteroatoms. The molecule has 0 spiro atoms. The molecule has 0 atom stereocenters. The largest absolute Gasteiger partial charge is 0.311 e. The third-order valence-corrected chi connectivity index (χ3v) is 18.6. The van der Waals surface area contributed by atoms with Crippen molar-refractivity contribution < 1.29 is 0 Å². The van der Waals surface area contributed by atoms with Crippen LogP contribution < -0.4 is 26.2 Å². The molecule has 4 aliphatic rings. The van der Waals surface area contributed by atoms with E-state index in [1.54, 1.807) is 0 Å². The Balaban J connectivity index is 1.24. The van der Waals surface area contributed by atoms with E-state index >= 15 is 0 Å². The fraction of sp³-hybridized carbons (Fsp3) is 0.333. The van der Waals surface area contributed by atoms with E-state index in [9.17, 15) is 0 Å². The zero-order valence-electron chi connectivity index (χ0n) is 48.0. The van der Waals surface area contributed by atoms with Crippen molar-refractivity contribution in [3.05, 3.63) is 219 Å². The third kappa shape index (κ3) is 7.18. The Bertz CT molecular complexity index is 3670. The van der Waals surface area contributed by atoms with Crippen molar-refractivity contribution >= 4 is 57.2 Å². The Labute approximate surface area is 450 Å². The summed E-state index contributed by atoms with van der Waals surface area (Å²) in [6.45, 7) is 40.8. The van der Waals surface area contributed by atoms with Crippen LogP contribution in [0.5, 0.6) is 0 Å². The quantitative estimate of drug-likeness (QED) is 0.163. The number of hydrogen-bond donors (Lipinski definition) is 0. The third-order valence-electron chi connectivity index (χ3n) is 18.6. The standard InChI is InChI=1S/C72H77BN2/c1-66(2,3)45-31-35-60(49(37-45)44-25-19-18-20-26-44)75-61-36-32-46(67(4,5)6)38-58(61)73-59-42-56-57(72(16,17)53-30-24-23-29-52(53)71(56,14)15)43-62(59)74(63-39-47(68(7,8)9)40-64(75)65(63)73)48-33-34-54-55(41-48)70(12,13)51-28-22-21-27-50(51)69(54,10)11/h18-43H,1-17H3. The Kier molecular flexibility index (Phi) is 10.5. The molecule has 0 bridgehead atoms. The summed E-state index contributed by atoms with van der Waals surface area (Å²) in [5, 5.41) is 0. The van der Waals surface area contributed by atoms with Crippen molar-refractivity contribution in [3.8, 4) is 11.1 Å². The molecule has 2 aliphatic heterocycles. The van der Waals surface area contributed by atoms with Gasteiger partial charge in [-0.3, -0.25) is 0 Å². The Morgan fingerprint density at radius 1 is 0.320 bits per heavy atom. The molecule has 2 nitrogen and oxygen atoms in total. The van der Waals surface area contributed by atoms with Gasteiger partial charge in [0.05, 0.1) is 5.69 Å². The molecule has 2 aliphatic carbocycles. The van der Waals surface area contributed by atoms with Crippen LogP contribution in [0.25, 0.3) is 11.1 Å². The van der Waals surface area contributed by atoms with Crippen LogP contribution in [0.3, 0.4) is 0 Å². The smallest absolute Gasteiger partial charge is 0.252 e. The van der Waals surface area contributed by atoms with Crippen molar-refractivity contribution in [1.82, 2.24) is 0 Å². The predicted molar refractivity (Wildman–Crippen MR) is 323 cm³/mol. The summed E-state index contributed by atoms with van der Waals surface area (Å²) < 4.78 is 0. The van der Waals surface area contributed by atoms with E-state index < -0.39 is 0 Å². The van der Waals surface area contributed by atoms with Crippen LogP contribution in [-0.2, 0) is 37.9 Å². The average Bonchev–Trinajstić information content (AvgIpc) is 3.39. The van der Waals surface area contributed by atoms with Gasteiger partial charge in [-0.25, -0.2) is 0 Å². The van der Waals surface area contributed by atoms with E-state index in [1.807, 2.05) is 0 Å². The molecule has 0 N–H and O–H groups in total. The number of rotatable bonds is 3. The van der Waals surface area contributed by atoms with Crippen LogP contribution in [0.4, 0.5) is 34.1 Å². The van der Waals surface area contributed by atoms with Gasteiger partial charge in [0.25, 0.3) is 6.71 Å². The molecule has 2 heterocycles. The van der Waals surface area contributed by atoms with E-state index in [-0.39, 0.29) is 44.6 Å². The second-order valence-corrected chi connectivity index (χ2v) is 27.9. The van der Waals surface area contributed by atoms with Gasteiger partial charge in [-0.2, -0.15) is 0 Å². The molecule has 0 saturated carbocycles. The number of anilines is 6.